The molecule has 2 aromatic carbocycles. The van der Waals surface area contributed by atoms with Crippen molar-refractivity contribution in [2.24, 2.45) is 0 Å². The summed E-state index contributed by atoms with van der Waals surface area (Å²) in [5, 5.41) is 0.249. The van der Waals surface area contributed by atoms with Crippen LogP contribution in [0.3, 0.4) is 0 Å². The topological polar surface area (TPSA) is 17.1 Å². The van der Waals surface area contributed by atoms with Gasteiger partial charge in [-0.05, 0) is 37.1 Å². The molecule has 19 heavy (non-hydrogen) atoms. The fraction of sp³-hybridized carbons (Fsp3) is 0.188. The van der Waals surface area contributed by atoms with Gasteiger partial charge in [-0.1, -0.05) is 41.4 Å². The number of carbonyl (C=O) groups excluding carboxylic acids is 1. The largest absolute Gasteiger partial charge is 0.294 e. The van der Waals surface area contributed by atoms with E-state index in [0.717, 1.165) is 5.56 Å². The van der Waals surface area contributed by atoms with E-state index in [0.29, 0.717) is 18.4 Å². The number of carbonyl (C=O) groups is 1. The summed E-state index contributed by atoms with van der Waals surface area (Å²) >= 11 is 5.74. The number of benzene rings is 2. The number of aryl methyl sites for hydroxylation is 2. The lowest BCUT2D eigenvalue weighted by Crippen LogP contribution is -2.02. The van der Waals surface area contributed by atoms with E-state index in [1.807, 2.05) is 31.2 Å². The second-order valence-corrected chi connectivity index (χ2v) is 5.00. The average molecular weight is 277 g/mol. The Morgan fingerprint density at radius 2 is 1.84 bits per heavy atom. The van der Waals surface area contributed by atoms with Gasteiger partial charge in [0.25, 0.3) is 0 Å². The molecule has 0 aliphatic carbocycles. The van der Waals surface area contributed by atoms with Gasteiger partial charge in [-0.2, -0.15) is 0 Å². The van der Waals surface area contributed by atoms with E-state index < -0.39 is 5.82 Å². The van der Waals surface area contributed by atoms with Crippen molar-refractivity contribution < 1.29 is 9.18 Å². The van der Waals surface area contributed by atoms with Gasteiger partial charge >= 0.3 is 0 Å². The standard InChI is InChI=1S/C16H14ClFO/c1-11-2-4-12(5-3-11)6-7-16(19)13-8-14(17)10-15(18)9-13/h2-5,8-10H,6-7H2,1H3. The molecule has 0 fully saturated rings. The summed E-state index contributed by atoms with van der Waals surface area (Å²) in [6.45, 7) is 2.02. The van der Waals surface area contributed by atoms with E-state index in [-0.39, 0.29) is 10.8 Å². The van der Waals surface area contributed by atoms with Crippen LogP contribution in [0.2, 0.25) is 5.02 Å². The van der Waals surface area contributed by atoms with Gasteiger partial charge in [-0.25, -0.2) is 4.39 Å². The Balaban J connectivity index is 2.03. The first kappa shape index (κ1) is 13.8. The van der Waals surface area contributed by atoms with Crippen LogP contribution in [0.15, 0.2) is 42.5 Å². The molecule has 0 aliphatic heterocycles. The summed E-state index contributed by atoms with van der Waals surface area (Å²) in [7, 11) is 0. The highest BCUT2D eigenvalue weighted by Gasteiger charge is 2.08. The molecule has 0 saturated heterocycles. The molecule has 98 valence electrons. The highest BCUT2D eigenvalue weighted by Crippen LogP contribution is 2.16. The second-order valence-electron chi connectivity index (χ2n) is 4.57. The van der Waals surface area contributed by atoms with Crippen molar-refractivity contribution >= 4 is 17.4 Å². The summed E-state index contributed by atoms with van der Waals surface area (Å²) in [6, 6.07) is 11.9. The molecule has 0 spiro atoms. The van der Waals surface area contributed by atoms with Crippen LogP contribution in [0.4, 0.5) is 4.39 Å². The minimum Gasteiger partial charge on any atom is -0.294 e. The Hall–Kier alpha value is -1.67. The predicted molar refractivity (Wildman–Crippen MR) is 75.2 cm³/mol. The molecule has 0 heterocycles. The van der Waals surface area contributed by atoms with E-state index in [2.05, 4.69) is 0 Å². The smallest absolute Gasteiger partial charge is 0.163 e. The molecule has 0 saturated carbocycles. The minimum atomic E-state index is -0.480. The third-order valence-electron chi connectivity index (χ3n) is 2.95. The molecule has 0 N–H and O–H groups in total. The Morgan fingerprint density at radius 1 is 1.16 bits per heavy atom. The van der Waals surface area contributed by atoms with E-state index in [9.17, 15) is 9.18 Å². The molecular weight excluding hydrogens is 263 g/mol. The fourth-order valence-corrected chi connectivity index (χ4v) is 2.09. The summed E-state index contributed by atoms with van der Waals surface area (Å²) in [5.41, 5.74) is 2.62. The van der Waals surface area contributed by atoms with E-state index in [1.54, 1.807) is 0 Å². The number of rotatable bonds is 4. The molecule has 0 amide bonds. The average Bonchev–Trinajstić information content (AvgIpc) is 2.36. The van der Waals surface area contributed by atoms with Gasteiger partial charge in [0.05, 0.1) is 0 Å². The van der Waals surface area contributed by atoms with Crippen LogP contribution in [0.25, 0.3) is 0 Å². The molecule has 0 atom stereocenters. The normalized spacial score (nSPS) is 10.5. The van der Waals surface area contributed by atoms with Crippen LogP contribution in [-0.2, 0) is 6.42 Å². The maximum Gasteiger partial charge on any atom is 0.163 e. The van der Waals surface area contributed by atoms with Gasteiger partial charge in [0.2, 0.25) is 0 Å². The number of ketones is 1. The quantitative estimate of drug-likeness (QED) is 0.746. The predicted octanol–water partition coefficient (Wildman–Crippen LogP) is 4.60. The van der Waals surface area contributed by atoms with Gasteiger partial charge in [0.1, 0.15) is 5.82 Å². The van der Waals surface area contributed by atoms with Crippen LogP contribution in [0, 0.1) is 12.7 Å². The van der Waals surface area contributed by atoms with Crippen molar-refractivity contribution in [3.8, 4) is 0 Å². The van der Waals surface area contributed by atoms with Crippen molar-refractivity contribution in [3.05, 3.63) is 70.0 Å². The van der Waals surface area contributed by atoms with E-state index >= 15 is 0 Å². The Morgan fingerprint density at radius 3 is 2.47 bits per heavy atom. The highest BCUT2D eigenvalue weighted by atomic mass is 35.5. The van der Waals surface area contributed by atoms with Crippen molar-refractivity contribution in [2.45, 2.75) is 19.8 Å². The van der Waals surface area contributed by atoms with Gasteiger partial charge < -0.3 is 0 Å². The first-order chi connectivity index (χ1) is 9.04. The molecular formula is C16H14ClFO. The SMILES string of the molecule is Cc1ccc(CCC(=O)c2cc(F)cc(Cl)c2)cc1. The monoisotopic (exact) mass is 276 g/mol. The van der Waals surface area contributed by atoms with Crippen LogP contribution >= 0.6 is 11.6 Å². The third kappa shape index (κ3) is 3.90. The number of Topliss-reactive ketones (excluding diaryl/α,β-unsaturated/α-hetero) is 1. The lowest BCUT2D eigenvalue weighted by Gasteiger charge is -2.03. The van der Waals surface area contributed by atoms with Crippen LogP contribution < -0.4 is 0 Å². The first-order valence-electron chi connectivity index (χ1n) is 6.09. The van der Waals surface area contributed by atoms with Crippen molar-refractivity contribution in [2.75, 3.05) is 0 Å². The first-order valence-corrected chi connectivity index (χ1v) is 6.47. The Bertz CT molecular complexity index is 570. The zero-order valence-electron chi connectivity index (χ0n) is 10.6. The van der Waals surface area contributed by atoms with Crippen molar-refractivity contribution in [1.29, 1.82) is 0 Å². The lowest BCUT2D eigenvalue weighted by molar-refractivity contribution is 0.0982. The molecule has 2 aromatic rings. The second kappa shape index (κ2) is 5.98. The van der Waals surface area contributed by atoms with Crippen LogP contribution in [-0.4, -0.2) is 5.78 Å². The maximum absolute atomic E-state index is 13.2. The number of hydrogen-bond acceptors (Lipinski definition) is 1. The summed E-state index contributed by atoms with van der Waals surface area (Å²) in [6.07, 6.45) is 0.996. The fourth-order valence-electron chi connectivity index (χ4n) is 1.87. The third-order valence-corrected chi connectivity index (χ3v) is 3.16. The molecule has 2 rings (SSSR count). The molecule has 3 heteroatoms. The minimum absolute atomic E-state index is 0.0954. The summed E-state index contributed by atoms with van der Waals surface area (Å²) in [4.78, 5) is 12.0. The van der Waals surface area contributed by atoms with Gasteiger partial charge in [-0.3, -0.25) is 4.79 Å². The van der Waals surface area contributed by atoms with Crippen molar-refractivity contribution in [3.63, 3.8) is 0 Å². The zero-order chi connectivity index (χ0) is 13.8. The maximum atomic E-state index is 13.2. The number of halogens is 2. The summed E-state index contributed by atoms with van der Waals surface area (Å²) < 4.78 is 13.2. The highest BCUT2D eigenvalue weighted by molar-refractivity contribution is 6.31. The number of hydrogen-bond donors (Lipinski definition) is 0. The van der Waals surface area contributed by atoms with E-state index in [4.69, 9.17) is 11.6 Å². The molecule has 0 aromatic heterocycles. The van der Waals surface area contributed by atoms with E-state index in [1.165, 1.54) is 23.8 Å². The Labute approximate surface area is 117 Å². The van der Waals surface area contributed by atoms with Crippen molar-refractivity contribution in [1.82, 2.24) is 0 Å². The summed E-state index contributed by atoms with van der Waals surface area (Å²) in [5.74, 6) is -0.576. The molecule has 1 nitrogen and oxygen atoms in total. The van der Waals surface area contributed by atoms with Crippen LogP contribution in [0.1, 0.15) is 27.9 Å². The van der Waals surface area contributed by atoms with Crippen LogP contribution in [0.5, 0.6) is 0 Å². The van der Waals surface area contributed by atoms with Gasteiger partial charge in [0.15, 0.2) is 5.78 Å². The van der Waals surface area contributed by atoms with Gasteiger partial charge in [0, 0.05) is 17.0 Å². The lowest BCUT2D eigenvalue weighted by atomic mass is 10.0. The molecule has 0 bridgehead atoms. The Kier molecular flexibility index (Phi) is 4.33. The van der Waals surface area contributed by atoms with Gasteiger partial charge in [-0.15, -0.1) is 0 Å². The zero-order valence-corrected chi connectivity index (χ0v) is 11.4. The molecule has 0 aliphatic rings. The molecule has 0 radical (unpaired) electrons. The molecule has 0 unspecified atom stereocenters.